The third-order valence-corrected chi connectivity index (χ3v) is 4.25. The van der Waals surface area contributed by atoms with E-state index in [9.17, 15) is 5.11 Å². The van der Waals surface area contributed by atoms with Gasteiger partial charge in [0, 0.05) is 12.1 Å². The van der Waals surface area contributed by atoms with Gasteiger partial charge in [-0.25, -0.2) is 0 Å². The van der Waals surface area contributed by atoms with Crippen LogP contribution in [0.3, 0.4) is 0 Å². The van der Waals surface area contributed by atoms with Gasteiger partial charge in [0.1, 0.15) is 5.75 Å². The fraction of sp³-hybridized carbons (Fsp3) is 0.500. The van der Waals surface area contributed by atoms with Gasteiger partial charge in [-0.15, -0.1) is 0 Å². The molecule has 1 aromatic heterocycles. The van der Waals surface area contributed by atoms with Crippen LogP contribution in [0, 0.1) is 4.77 Å². The molecule has 2 N–H and O–H groups in total. The number of aliphatic hydroxyl groups is 1. The number of rotatable bonds is 2. The third-order valence-electron chi connectivity index (χ3n) is 3.96. The molecule has 1 fully saturated rings. The van der Waals surface area contributed by atoms with E-state index in [1.165, 1.54) is 0 Å². The minimum Gasteiger partial charge on any atom is -0.497 e. The molecule has 3 rings (SSSR count). The Balaban J connectivity index is 2.06. The SMILES string of the molecule is COc1ccc2[nH]c(=S)n(C3CCC(O)CC3)c2c1. The van der Waals surface area contributed by atoms with E-state index in [-0.39, 0.29) is 6.10 Å². The van der Waals surface area contributed by atoms with Crippen LogP contribution >= 0.6 is 12.2 Å². The molecule has 0 unspecified atom stereocenters. The number of imidazole rings is 1. The van der Waals surface area contributed by atoms with Crippen molar-refractivity contribution in [2.24, 2.45) is 0 Å². The van der Waals surface area contributed by atoms with Gasteiger partial charge in [0.2, 0.25) is 0 Å². The molecule has 5 heteroatoms. The molecule has 0 aliphatic heterocycles. The molecular weight excluding hydrogens is 260 g/mol. The molecule has 4 nitrogen and oxygen atoms in total. The number of benzene rings is 1. The molecule has 0 saturated heterocycles. The Morgan fingerprint density at radius 3 is 2.74 bits per heavy atom. The van der Waals surface area contributed by atoms with Crippen LogP contribution in [0.15, 0.2) is 18.2 Å². The van der Waals surface area contributed by atoms with Crippen LogP contribution < -0.4 is 4.74 Å². The van der Waals surface area contributed by atoms with Crippen molar-refractivity contribution >= 4 is 23.3 Å². The second kappa shape index (κ2) is 4.98. The summed E-state index contributed by atoms with van der Waals surface area (Å²) in [7, 11) is 1.67. The number of nitrogens with zero attached hydrogens (tertiary/aromatic N) is 1. The summed E-state index contributed by atoms with van der Waals surface area (Å²) in [5.41, 5.74) is 2.13. The lowest BCUT2D eigenvalue weighted by molar-refractivity contribution is 0.111. The van der Waals surface area contributed by atoms with Gasteiger partial charge >= 0.3 is 0 Å². The van der Waals surface area contributed by atoms with Crippen molar-refractivity contribution in [1.82, 2.24) is 9.55 Å². The van der Waals surface area contributed by atoms with Gasteiger partial charge < -0.3 is 19.4 Å². The Bertz CT molecular complexity index is 638. The van der Waals surface area contributed by atoms with Crippen LogP contribution in [0.4, 0.5) is 0 Å². The lowest BCUT2D eigenvalue weighted by Gasteiger charge is -2.27. The Morgan fingerprint density at radius 1 is 1.32 bits per heavy atom. The molecule has 0 atom stereocenters. The molecule has 102 valence electrons. The maximum Gasteiger partial charge on any atom is 0.178 e. The topological polar surface area (TPSA) is 50.2 Å². The maximum atomic E-state index is 9.63. The molecular formula is C14H18N2O2S. The van der Waals surface area contributed by atoms with E-state index in [0.717, 1.165) is 47.2 Å². The summed E-state index contributed by atoms with van der Waals surface area (Å²) in [5, 5.41) is 9.63. The lowest BCUT2D eigenvalue weighted by atomic mass is 9.93. The second-order valence-corrected chi connectivity index (χ2v) is 5.53. The Kier molecular flexibility index (Phi) is 3.33. The third kappa shape index (κ3) is 2.28. The molecule has 2 aromatic rings. The first-order valence-corrected chi connectivity index (χ1v) is 7.06. The smallest absolute Gasteiger partial charge is 0.178 e. The average molecular weight is 278 g/mol. The minimum absolute atomic E-state index is 0.148. The van der Waals surface area contributed by atoms with Crippen LogP contribution in [0.5, 0.6) is 5.75 Å². The number of fused-ring (bicyclic) bond motifs is 1. The molecule has 1 aliphatic carbocycles. The van der Waals surface area contributed by atoms with E-state index in [1.54, 1.807) is 7.11 Å². The summed E-state index contributed by atoms with van der Waals surface area (Å²) in [4.78, 5) is 3.25. The van der Waals surface area contributed by atoms with E-state index < -0.39 is 0 Å². The Morgan fingerprint density at radius 2 is 2.05 bits per heavy atom. The van der Waals surface area contributed by atoms with Crippen LogP contribution in [0.25, 0.3) is 11.0 Å². The Hall–Kier alpha value is -1.33. The summed E-state index contributed by atoms with van der Waals surface area (Å²) in [6.07, 6.45) is 3.50. The highest BCUT2D eigenvalue weighted by atomic mass is 32.1. The van der Waals surface area contributed by atoms with Gasteiger partial charge in [0.05, 0.1) is 24.2 Å². The van der Waals surface area contributed by atoms with Crippen molar-refractivity contribution in [3.63, 3.8) is 0 Å². The molecule has 19 heavy (non-hydrogen) atoms. The summed E-state index contributed by atoms with van der Waals surface area (Å²) in [6, 6.07) is 6.32. The summed E-state index contributed by atoms with van der Waals surface area (Å²) in [5.74, 6) is 0.839. The van der Waals surface area contributed by atoms with Crippen molar-refractivity contribution in [1.29, 1.82) is 0 Å². The minimum atomic E-state index is -0.148. The number of ether oxygens (including phenoxy) is 1. The number of hydrogen-bond acceptors (Lipinski definition) is 3. The quantitative estimate of drug-likeness (QED) is 0.830. The van der Waals surface area contributed by atoms with Gasteiger partial charge in [0.25, 0.3) is 0 Å². The lowest BCUT2D eigenvalue weighted by Crippen LogP contribution is -2.21. The monoisotopic (exact) mass is 278 g/mol. The number of aromatic amines is 1. The first-order valence-electron chi connectivity index (χ1n) is 6.65. The zero-order valence-electron chi connectivity index (χ0n) is 10.9. The van der Waals surface area contributed by atoms with E-state index in [0.29, 0.717) is 6.04 Å². The summed E-state index contributed by atoms with van der Waals surface area (Å²) in [6.45, 7) is 0. The highest BCUT2D eigenvalue weighted by molar-refractivity contribution is 7.71. The van der Waals surface area contributed by atoms with Crippen LogP contribution in [0.1, 0.15) is 31.7 Å². The van der Waals surface area contributed by atoms with Crippen molar-refractivity contribution in [2.45, 2.75) is 37.8 Å². The van der Waals surface area contributed by atoms with E-state index in [2.05, 4.69) is 9.55 Å². The highest BCUT2D eigenvalue weighted by Crippen LogP contribution is 2.32. The largest absolute Gasteiger partial charge is 0.497 e. The molecule has 0 radical (unpaired) electrons. The standard InChI is InChI=1S/C14H18N2O2S/c1-18-11-6-7-12-13(8-11)16(14(19)15-12)9-2-4-10(17)5-3-9/h6-10,17H,2-5H2,1H3,(H,15,19). The van der Waals surface area contributed by atoms with Gasteiger partial charge in [-0.3, -0.25) is 0 Å². The normalized spacial score (nSPS) is 23.7. The van der Waals surface area contributed by atoms with E-state index in [1.807, 2.05) is 18.2 Å². The number of aliphatic hydroxyl groups excluding tert-OH is 1. The van der Waals surface area contributed by atoms with Crippen molar-refractivity contribution in [2.75, 3.05) is 7.11 Å². The number of aromatic nitrogens is 2. The molecule has 0 spiro atoms. The number of nitrogens with one attached hydrogen (secondary N) is 1. The van der Waals surface area contributed by atoms with E-state index >= 15 is 0 Å². The molecule has 0 bridgehead atoms. The first-order chi connectivity index (χ1) is 9.19. The van der Waals surface area contributed by atoms with Gasteiger partial charge in [-0.2, -0.15) is 0 Å². The van der Waals surface area contributed by atoms with Gasteiger partial charge in [-0.05, 0) is 50.0 Å². The second-order valence-electron chi connectivity index (χ2n) is 5.15. The fourth-order valence-corrected chi connectivity index (χ4v) is 3.26. The molecule has 1 saturated carbocycles. The van der Waals surface area contributed by atoms with Gasteiger partial charge in [0.15, 0.2) is 4.77 Å². The van der Waals surface area contributed by atoms with Crippen LogP contribution in [-0.2, 0) is 0 Å². The van der Waals surface area contributed by atoms with Crippen molar-refractivity contribution in [3.05, 3.63) is 23.0 Å². The van der Waals surface area contributed by atoms with Crippen LogP contribution in [-0.4, -0.2) is 27.9 Å². The number of H-pyrrole nitrogens is 1. The highest BCUT2D eigenvalue weighted by Gasteiger charge is 2.22. The van der Waals surface area contributed by atoms with Crippen LogP contribution in [0.2, 0.25) is 0 Å². The average Bonchev–Trinajstić information content (AvgIpc) is 2.75. The molecule has 0 amide bonds. The zero-order valence-corrected chi connectivity index (χ0v) is 11.7. The Labute approximate surface area is 117 Å². The number of hydrogen-bond donors (Lipinski definition) is 2. The summed E-state index contributed by atoms with van der Waals surface area (Å²) < 4.78 is 8.22. The van der Waals surface area contributed by atoms with E-state index in [4.69, 9.17) is 17.0 Å². The van der Waals surface area contributed by atoms with Crippen molar-refractivity contribution < 1.29 is 9.84 Å². The fourth-order valence-electron chi connectivity index (χ4n) is 2.91. The molecule has 1 heterocycles. The van der Waals surface area contributed by atoms with Gasteiger partial charge in [-0.1, -0.05) is 0 Å². The molecule has 1 aromatic carbocycles. The zero-order chi connectivity index (χ0) is 13.4. The maximum absolute atomic E-state index is 9.63. The predicted octanol–water partition coefficient (Wildman–Crippen LogP) is 3.18. The number of methoxy groups -OCH3 is 1. The summed E-state index contributed by atoms with van der Waals surface area (Å²) >= 11 is 5.45. The first kappa shape index (κ1) is 12.7. The molecule has 1 aliphatic rings. The predicted molar refractivity (Wildman–Crippen MR) is 77.2 cm³/mol. The van der Waals surface area contributed by atoms with Crippen molar-refractivity contribution in [3.8, 4) is 5.75 Å².